The standard InChI is InChI=1S/C29H37N3O4Si/c1-29(2,3)37(4,5)35-20-22-15-17-26(31-19-22)32-27(33)13-9-10-21-14-16-24(23-11-7-6-8-12-23)25(18-21)36-28(30)34/h6-8,11-12,14-19H,9-10,13,20H2,1-5H3,(H2,30,34)(H,31,32,33). The summed E-state index contributed by atoms with van der Waals surface area (Å²) in [5.41, 5.74) is 8.91. The van der Waals surface area contributed by atoms with Crippen LogP contribution in [0.5, 0.6) is 5.75 Å². The number of nitrogens with one attached hydrogen (secondary N) is 1. The lowest BCUT2D eigenvalue weighted by Gasteiger charge is -2.36. The number of nitrogens with zero attached hydrogens (tertiary/aromatic N) is 1. The molecule has 8 heteroatoms. The number of primary amides is 1. The van der Waals surface area contributed by atoms with Gasteiger partial charge in [0.05, 0.1) is 6.61 Å². The molecule has 3 rings (SSSR count). The molecule has 2 amide bonds. The Morgan fingerprint density at radius 1 is 1.00 bits per heavy atom. The minimum absolute atomic E-state index is 0.104. The second-order valence-electron chi connectivity index (χ2n) is 10.6. The first kappa shape index (κ1) is 28.1. The molecule has 0 fully saturated rings. The van der Waals surface area contributed by atoms with Crippen LogP contribution >= 0.6 is 0 Å². The van der Waals surface area contributed by atoms with Crippen LogP contribution in [0.2, 0.25) is 18.1 Å². The third kappa shape index (κ3) is 8.26. The number of carbonyl (C=O) groups excluding carboxylic acids is 2. The molecule has 7 nitrogen and oxygen atoms in total. The van der Waals surface area contributed by atoms with Crippen molar-refractivity contribution in [2.75, 3.05) is 5.32 Å². The van der Waals surface area contributed by atoms with Crippen LogP contribution < -0.4 is 15.8 Å². The van der Waals surface area contributed by atoms with Crippen molar-refractivity contribution < 1.29 is 18.8 Å². The molecule has 1 heterocycles. The van der Waals surface area contributed by atoms with Gasteiger partial charge in [0.15, 0.2) is 8.32 Å². The summed E-state index contributed by atoms with van der Waals surface area (Å²) in [6, 6.07) is 19.1. The SMILES string of the molecule is CC(C)(C)[Si](C)(C)OCc1ccc(NC(=O)CCCc2ccc(-c3ccccc3)c(OC(N)=O)c2)nc1. The van der Waals surface area contributed by atoms with E-state index in [9.17, 15) is 9.59 Å². The Labute approximate surface area is 220 Å². The zero-order chi connectivity index (χ0) is 27.1. The Morgan fingerprint density at radius 3 is 2.32 bits per heavy atom. The van der Waals surface area contributed by atoms with Crippen molar-refractivity contribution in [1.82, 2.24) is 4.98 Å². The molecule has 0 bridgehead atoms. The van der Waals surface area contributed by atoms with Gasteiger partial charge in [-0.3, -0.25) is 4.79 Å². The Bertz CT molecular complexity index is 1210. The number of aromatic nitrogens is 1. The first-order valence-electron chi connectivity index (χ1n) is 12.5. The zero-order valence-corrected chi connectivity index (χ0v) is 23.3. The molecule has 0 spiro atoms. The smallest absolute Gasteiger partial charge is 0.409 e. The summed E-state index contributed by atoms with van der Waals surface area (Å²) < 4.78 is 11.5. The van der Waals surface area contributed by atoms with Crippen LogP contribution in [0.1, 0.15) is 44.7 Å². The number of carbonyl (C=O) groups is 2. The first-order valence-corrected chi connectivity index (χ1v) is 15.4. The third-order valence-corrected chi connectivity index (χ3v) is 11.2. The summed E-state index contributed by atoms with van der Waals surface area (Å²) in [4.78, 5) is 28.2. The van der Waals surface area contributed by atoms with Crippen LogP contribution in [-0.2, 0) is 22.2 Å². The van der Waals surface area contributed by atoms with Crippen LogP contribution in [0.25, 0.3) is 11.1 Å². The average molecular weight is 520 g/mol. The number of pyridine rings is 1. The van der Waals surface area contributed by atoms with Gasteiger partial charge in [-0.25, -0.2) is 9.78 Å². The number of amides is 2. The van der Waals surface area contributed by atoms with Crippen LogP contribution in [0.3, 0.4) is 0 Å². The van der Waals surface area contributed by atoms with Crippen LogP contribution in [0.15, 0.2) is 66.9 Å². The Morgan fingerprint density at radius 2 is 1.70 bits per heavy atom. The molecule has 0 unspecified atom stereocenters. The summed E-state index contributed by atoms with van der Waals surface area (Å²) in [6.07, 6.45) is 2.50. The first-order chi connectivity index (χ1) is 17.4. The van der Waals surface area contributed by atoms with E-state index in [0.29, 0.717) is 37.4 Å². The Kier molecular flexibility index (Phi) is 9.23. The van der Waals surface area contributed by atoms with Gasteiger partial charge in [0.2, 0.25) is 5.91 Å². The Balaban J connectivity index is 1.52. The molecule has 0 aliphatic heterocycles. The van der Waals surface area contributed by atoms with Crippen molar-refractivity contribution >= 4 is 26.1 Å². The summed E-state index contributed by atoms with van der Waals surface area (Å²) >= 11 is 0. The lowest BCUT2D eigenvalue weighted by Crippen LogP contribution is -2.40. The van der Waals surface area contributed by atoms with Crippen molar-refractivity contribution in [3.63, 3.8) is 0 Å². The highest BCUT2D eigenvalue weighted by atomic mass is 28.4. The van der Waals surface area contributed by atoms with Gasteiger partial charge in [-0.15, -0.1) is 0 Å². The molecule has 0 aliphatic rings. The molecular formula is C29H37N3O4Si. The van der Waals surface area contributed by atoms with E-state index in [-0.39, 0.29) is 10.9 Å². The maximum atomic E-state index is 12.5. The van der Waals surface area contributed by atoms with Gasteiger partial charge in [0, 0.05) is 18.2 Å². The summed E-state index contributed by atoms with van der Waals surface area (Å²) in [5, 5.41) is 3.00. The predicted octanol–water partition coefficient (Wildman–Crippen LogP) is 6.69. The van der Waals surface area contributed by atoms with E-state index in [2.05, 4.69) is 44.2 Å². The second-order valence-corrected chi connectivity index (χ2v) is 15.4. The molecule has 1 aromatic heterocycles. The highest BCUT2D eigenvalue weighted by Gasteiger charge is 2.37. The van der Waals surface area contributed by atoms with Crippen LogP contribution in [0, 0.1) is 0 Å². The monoisotopic (exact) mass is 519 g/mol. The minimum Gasteiger partial charge on any atom is -0.413 e. The van der Waals surface area contributed by atoms with Crippen molar-refractivity contribution in [3.8, 4) is 16.9 Å². The average Bonchev–Trinajstić information content (AvgIpc) is 2.83. The number of benzene rings is 2. The number of rotatable bonds is 10. The molecule has 0 radical (unpaired) electrons. The van der Waals surface area contributed by atoms with E-state index in [4.69, 9.17) is 14.9 Å². The molecule has 3 N–H and O–H groups in total. The van der Waals surface area contributed by atoms with E-state index in [1.165, 1.54) is 0 Å². The molecule has 2 aromatic carbocycles. The number of hydrogen-bond donors (Lipinski definition) is 2. The second kappa shape index (κ2) is 12.2. The summed E-state index contributed by atoms with van der Waals surface area (Å²) in [5.74, 6) is 0.820. The van der Waals surface area contributed by atoms with Crippen molar-refractivity contribution in [2.45, 2.75) is 64.8 Å². The molecule has 37 heavy (non-hydrogen) atoms. The van der Waals surface area contributed by atoms with E-state index in [0.717, 1.165) is 22.3 Å². The van der Waals surface area contributed by atoms with Crippen molar-refractivity contribution in [1.29, 1.82) is 0 Å². The molecule has 0 saturated heterocycles. The fraction of sp³-hybridized carbons (Fsp3) is 0.345. The number of nitrogens with two attached hydrogens (primary N) is 1. The van der Waals surface area contributed by atoms with Gasteiger partial charge in [0.1, 0.15) is 11.6 Å². The highest BCUT2D eigenvalue weighted by molar-refractivity contribution is 6.74. The fourth-order valence-corrected chi connectivity index (χ4v) is 4.45. The third-order valence-electron chi connectivity index (χ3n) is 6.71. The fourth-order valence-electron chi connectivity index (χ4n) is 3.49. The number of aryl methyl sites for hydroxylation is 1. The van der Waals surface area contributed by atoms with E-state index >= 15 is 0 Å². The van der Waals surface area contributed by atoms with Crippen molar-refractivity contribution in [2.24, 2.45) is 5.73 Å². The molecule has 0 atom stereocenters. The zero-order valence-electron chi connectivity index (χ0n) is 22.3. The van der Waals surface area contributed by atoms with Gasteiger partial charge in [-0.2, -0.15) is 0 Å². The maximum absolute atomic E-state index is 12.5. The van der Waals surface area contributed by atoms with Gasteiger partial charge in [0.25, 0.3) is 0 Å². The van der Waals surface area contributed by atoms with E-state index in [1.54, 1.807) is 18.3 Å². The molecule has 196 valence electrons. The molecular weight excluding hydrogens is 482 g/mol. The number of anilines is 1. The predicted molar refractivity (Wildman–Crippen MR) is 150 cm³/mol. The van der Waals surface area contributed by atoms with Gasteiger partial charge in [-0.05, 0) is 59.8 Å². The largest absolute Gasteiger partial charge is 0.413 e. The van der Waals surface area contributed by atoms with Gasteiger partial charge in [-0.1, -0.05) is 69.3 Å². The Hall–Kier alpha value is -3.49. The van der Waals surface area contributed by atoms with Crippen LogP contribution in [-0.4, -0.2) is 25.3 Å². The highest BCUT2D eigenvalue weighted by Crippen LogP contribution is 2.37. The summed E-state index contributed by atoms with van der Waals surface area (Å²) in [6.45, 7) is 11.6. The molecule has 0 aliphatic carbocycles. The van der Waals surface area contributed by atoms with Gasteiger partial charge < -0.3 is 20.2 Å². The lowest BCUT2D eigenvalue weighted by molar-refractivity contribution is -0.116. The topological polar surface area (TPSA) is 104 Å². The normalized spacial score (nSPS) is 11.7. The van der Waals surface area contributed by atoms with Gasteiger partial charge >= 0.3 is 6.09 Å². The minimum atomic E-state index is -1.83. The van der Waals surface area contributed by atoms with E-state index in [1.807, 2.05) is 48.5 Å². The lowest BCUT2D eigenvalue weighted by atomic mass is 10.0. The van der Waals surface area contributed by atoms with Crippen molar-refractivity contribution in [3.05, 3.63) is 78.0 Å². The quantitative estimate of drug-likeness (QED) is 0.290. The van der Waals surface area contributed by atoms with Crippen LogP contribution in [0.4, 0.5) is 10.6 Å². The summed E-state index contributed by atoms with van der Waals surface area (Å²) in [7, 11) is -1.83. The number of ether oxygens (including phenoxy) is 1. The molecule has 0 saturated carbocycles. The maximum Gasteiger partial charge on any atom is 0.409 e. The van der Waals surface area contributed by atoms with E-state index < -0.39 is 14.4 Å². The number of hydrogen-bond acceptors (Lipinski definition) is 5. The molecule has 3 aromatic rings.